The quantitative estimate of drug-likeness (QED) is 0.884. The van der Waals surface area contributed by atoms with Crippen LogP contribution in [0.1, 0.15) is 24.4 Å². The first-order chi connectivity index (χ1) is 9.20. The van der Waals surface area contributed by atoms with Crippen LogP contribution in [0, 0.1) is 0 Å². The fraction of sp³-hybridized carbons (Fsp3) is 0.385. The van der Waals surface area contributed by atoms with E-state index in [1.165, 1.54) is 12.0 Å². The van der Waals surface area contributed by atoms with Crippen molar-refractivity contribution in [2.75, 3.05) is 13.7 Å². The van der Waals surface area contributed by atoms with Crippen molar-refractivity contribution < 1.29 is 9.26 Å². The highest BCUT2D eigenvalue weighted by atomic mass is 79.9. The molecule has 0 radical (unpaired) electrons. The Morgan fingerprint density at radius 2 is 2.32 bits per heavy atom. The Bertz CT molecular complexity index is 517. The predicted molar refractivity (Wildman–Crippen MR) is 75.1 cm³/mol. The van der Waals surface area contributed by atoms with Crippen molar-refractivity contribution in [2.45, 2.75) is 19.4 Å². The van der Waals surface area contributed by atoms with E-state index >= 15 is 0 Å². The molecule has 1 N–H and O–H groups in total. The van der Waals surface area contributed by atoms with Gasteiger partial charge in [-0.25, -0.2) is 0 Å². The van der Waals surface area contributed by atoms with Gasteiger partial charge < -0.3 is 14.6 Å². The van der Waals surface area contributed by atoms with Crippen LogP contribution in [0.2, 0.25) is 0 Å². The van der Waals surface area contributed by atoms with E-state index in [2.05, 4.69) is 55.0 Å². The van der Waals surface area contributed by atoms with Crippen molar-refractivity contribution in [1.29, 1.82) is 0 Å². The van der Waals surface area contributed by atoms with Gasteiger partial charge in [0.05, 0.1) is 11.6 Å². The summed E-state index contributed by atoms with van der Waals surface area (Å²) < 4.78 is 10.9. The zero-order chi connectivity index (χ0) is 13.7. The molecule has 2 rings (SSSR count). The molecule has 0 fully saturated rings. The highest BCUT2D eigenvalue weighted by Gasteiger charge is 2.08. The lowest BCUT2D eigenvalue weighted by atomic mass is 10.1. The lowest BCUT2D eigenvalue weighted by Gasteiger charge is -2.15. The van der Waals surface area contributed by atoms with Crippen LogP contribution in [0.4, 0.5) is 0 Å². The molecule has 1 unspecified atom stereocenters. The molecule has 102 valence electrons. The molecule has 19 heavy (non-hydrogen) atoms. The third kappa shape index (κ3) is 3.78. The minimum Gasteiger partial charge on any atom is -0.496 e. The average molecular weight is 326 g/mol. The topological polar surface area (TPSA) is 60.2 Å². The smallest absolute Gasteiger partial charge is 0.213 e. The summed E-state index contributed by atoms with van der Waals surface area (Å²) in [5.74, 6) is 1.55. The Balaban J connectivity index is 1.88. The first-order valence-corrected chi connectivity index (χ1v) is 6.82. The monoisotopic (exact) mass is 325 g/mol. The van der Waals surface area contributed by atoms with Gasteiger partial charge in [0, 0.05) is 19.0 Å². The summed E-state index contributed by atoms with van der Waals surface area (Å²) in [5.41, 5.74) is 1.20. The van der Waals surface area contributed by atoms with E-state index in [0.717, 1.165) is 29.0 Å². The van der Waals surface area contributed by atoms with Crippen LogP contribution in [-0.4, -0.2) is 23.8 Å². The summed E-state index contributed by atoms with van der Waals surface area (Å²) in [6, 6.07) is 6.31. The highest BCUT2D eigenvalue weighted by Crippen LogP contribution is 2.27. The van der Waals surface area contributed by atoms with Gasteiger partial charge in [0.1, 0.15) is 5.75 Å². The van der Waals surface area contributed by atoms with Crippen molar-refractivity contribution in [2.24, 2.45) is 0 Å². The maximum atomic E-state index is 5.22. The van der Waals surface area contributed by atoms with Crippen molar-refractivity contribution in [3.63, 3.8) is 0 Å². The minimum absolute atomic E-state index is 0.245. The lowest BCUT2D eigenvalue weighted by Crippen LogP contribution is -2.21. The molecule has 1 aromatic heterocycles. The first-order valence-electron chi connectivity index (χ1n) is 6.02. The van der Waals surface area contributed by atoms with E-state index in [1.54, 1.807) is 7.11 Å². The normalized spacial score (nSPS) is 12.4. The number of halogens is 1. The van der Waals surface area contributed by atoms with Gasteiger partial charge in [0.15, 0.2) is 5.82 Å². The molecule has 0 spiro atoms. The van der Waals surface area contributed by atoms with Gasteiger partial charge in [-0.3, -0.25) is 0 Å². The molecule has 0 aliphatic heterocycles. The Morgan fingerprint density at radius 3 is 2.95 bits per heavy atom. The van der Waals surface area contributed by atoms with Crippen molar-refractivity contribution in [3.05, 3.63) is 40.5 Å². The predicted octanol–water partition coefficient (Wildman–Crippen LogP) is 2.73. The van der Waals surface area contributed by atoms with E-state index in [9.17, 15) is 0 Å². The number of rotatable bonds is 6. The van der Waals surface area contributed by atoms with Crippen LogP contribution < -0.4 is 10.1 Å². The number of methoxy groups -OCH3 is 1. The summed E-state index contributed by atoms with van der Waals surface area (Å²) in [5, 5.41) is 7.19. The van der Waals surface area contributed by atoms with E-state index in [1.807, 2.05) is 6.07 Å². The lowest BCUT2D eigenvalue weighted by molar-refractivity contribution is 0.408. The molecule has 5 nitrogen and oxygen atoms in total. The number of hydrogen-bond donors (Lipinski definition) is 1. The average Bonchev–Trinajstić information content (AvgIpc) is 2.91. The summed E-state index contributed by atoms with van der Waals surface area (Å²) >= 11 is 3.49. The van der Waals surface area contributed by atoms with Gasteiger partial charge in [-0.05, 0) is 40.5 Å². The molecule has 1 atom stereocenters. The first kappa shape index (κ1) is 14.0. The molecule has 0 bridgehead atoms. The molecule has 0 aliphatic carbocycles. The maximum Gasteiger partial charge on any atom is 0.213 e. The number of ether oxygens (including phenoxy) is 1. The second-order valence-electron chi connectivity index (χ2n) is 4.17. The second-order valence-corrected chi connectivity index (χ2v) is 5.02. The Hall–Kier alpha value is -1.40. The second kappa shape index (κ2) is 6.68. The molecule has 1 heterocycles. The highest BCUT2D eigenvalue weighted by molar-refractivity contribution is 9.10. The SMILES string of the molecule is COc1ccc(C(C)NCCc2ncon2)cc1Br. The van der Waals surface area contributed by atoms with Gasteiger partial charge >= 0.3 is 0 Å². The third-order valence-corrected chi connectivity index (χ3v) is 3.50. The van der Waals surface area contributed by atoms with Gasteiger partial charge in [-0.15, -0.1) is 0 Å². The van der Waals surface area contributed by atoms with Gasteiger partial charge in [0.25, 0.3) is 0 Å². The Kier molecular flexibility index (Phi) is 4.93. The summed E-state index contributed by atoms with van der Waals surface area (Å²) in [4.78, 5) is 3.98. The van der Waals surface area contributed by atoms with Crippen molar-refractivity contribution in [1.82, 2.24) is 15.5 Å². The molecular weight excluding hydrogens is 310 g/mol. The van der Waals surface area contributed by atoms with E-state index in [0.29, 0.717) is 0 Å². The molecule has 2 aromatic rings. The van der Waals surface area contributed by atoms with Gasteiger partial charge in [0.2, 0.25) is 6.39 Å². The molecule has 0 amide bonds. The summed E-state index contributed by atoms with van der Waals surface area (Å²) in [6.07, 6.45) is 2.09. The maximum absolute atomic E-state index is 5.22. The van der Waals surface area contributed by atoms with Gasteiger partial charge in [-0.2, -0.15) is 4.98 Å². The third-order valence-electron chi connectivity index (χ3n) is 2.88. The Labute approximate surface area is 120 Å². The zero-order valence-electron chi connectivity index (χ0n) is 10.9. The molecule has 1 aromatic carbocycles. The fourth-order valence-electron chi connectivity index (χ4n) is 1.77. The minimum atomic E-state index is 0.245. The van der Waals surface area contributed by atoms with E-state index < -0.39 is 0 Å². The molecule has 0 saturated carbocycles. The summed E-state index contributed by atoms with van der Waals surface area (Å²) in [6.45, 7) is 2.91. The number of nitrogens with one attached hydrogen (secondary N) is 1. The van der Waals surface area contributed by atoms with Crippen LogP contribution in [0.25, 0.3) is 0 Å². The standard InChI is InChI=1S/C13H16BrN3O2/c1-9(15-6-5-13-16-8-19-17-13)10-3-4-12(18-2)11(14)7-10/h3-4,7-9,15H,5-6H2,1-2H3. The van der Waals surface area contributed by atoms with E-state index in [4.69, 9.17) is 4.74 Å². The number of aromatic nitrogens is 2. The molecule has 0 aliphatic rings. The zero-order valence-corrected chi connectivity index (χ0v) is 12.5. The van der Waals surface area contributed by atoms with Gasteiger partial charge in [-0.1, -0.05) is 11.2 Å². The van der Waals surface area contributed by atoms with E-state index in [-0.39, 0.29) is 6.04 Å². The largest absolute Gasteiger partial charge is 0.496 e. The molecule has 0 saturated heterocycles. The van der Waals surface area contributed by atoms with Crippen LogP contribution in [0.3, 0.4) is 0 Å². The van der Waals surface area contributed by atoms with Crippen LogP contribution in [-0.2, 0) is 6.42 Å². The summed E-state index contributed by atoms with van der Waals surface area (Å²) in [7, 11) is 1.66. The molecule has 6 heteroatoms. The van der Waals surface area contributed by atoms with Crippen molar-refractivity contribution in [3.8, 4) is 5.75 Å². The van der Waals surface area contributed by atoms with Crippen LogP contribution in [0.15, 0.2) is 33.6 Å². The number of benzene rings is 1. The van der Waals surface area contributed by atoms with Crippen molar-refractivity contribution >= 4 is 15.9 Å². The fourth-order valence-corrected chi connectivity index (χ4v) is 2.33. The van der Waals surface area contributed by atoms with Crippen LogP contribution in [0.5, 0.6) is 5.75 Å². The molecular formula is C13H16BrN3O2. The Morgan fingerprint density at radius 1 is 1.47 bits per heavy atom. The number of hydrogen-bond acceptors (Lipinski definition) is 5. The number of nitrogens with zero attached hydrogens (tertiary/aromatic N) is 2. The van der Waals surface area contributed by atoms with Crippen LogP contribution >= 0.6 is 15.9 Å².